The Labute approximate surface area is 126 Å². The van der Waals surface area contributed by atoms with Gasteiger partial charge in [0.2, 0.25) is 0 Å². The molecule has 0 spiro atoms. The van der Waals surface area contributed by atoms with Crippen LogP contribution in [0, 0.1) is 17.8 Å². The van der Waals surface area contributed by atoms with Crippen LogP contribution >= 0.6 is 0 Å². The van der Waals surface area contributed by atoms with Gasteiger partial charge in [-0.1, -0.05) is 19.1 Å². The molecule has 1 saturated heterocycles. The normalized spacial score (nSPS) is 34.6. The van der Waals surface area contributed by atoms with Crippen LogP contribution in [0.15, 0.2) is 24.3 Å². The minimum Gasteiger partial charge on any atom is -0.497 e. The summed E-state index contributed by atoms with van der Waals surface area (Å²) >= 11 is 0. The van der Waals surface area contributed by atoms with E-state index in [1.165, 1.54) is 0 Å². The molecule has 3 heteroatoms. The zero-order valence-corrected chi connectivity index (χ0v) is 13.3. The van der Waals surface area contributed by atoms with E-state index in [1.807, 2.05) is 12.1 Å². The zero-order valence-electron chi connectivity index (χ0n) is 13.3. The molecule has 2 unspecified atom stereocenters. The molecule has 1 heterocycles. The van der Waals surface area contributed by atoms with Crippen LogP contribution in [0.3, 0.4) is 0 Å². The quantitative estimate of drug-likeness (QED) is 0.831. The maximum Gasteiger partial charge on any atom is 0.136 e. The van der Waals surface area contributed by atoms with E-state index in [0.29, 0.717) is 18.1 Å². The van der Waals surface area contributed by atoms with Crippen molar-refractivity contribution in [3.63, 3.8) is 0 Å². The predicted molar refractivity (Wildman–Crippen MR) is 81.3 cm³/mol. The average Bonchev–Trinajstić information content (AvgIpc) is 2.47. The van der Waals surface area contributed by atoms with Gasteiger partial charge in [-0.15, -0.1) is 0 Å². The summed E-state index contributed by atoms with van der Waals surface area (Å²) in [5.74, 6) is 1.97. The number of hydrogen-bond donors (Lipinski definition) is 0. The van der Waals surface area contributed by atoms with Crippen LogP contribution in [0.1, 0.15) is 45.3 Å². The minimum absolute atomic E-state index is 0.00130. The van der Waals surface area contributed by atoms with E-state index in [2.05, 4.69) is 32.9 Å². The molecule has 4 atom stereocenters. The van der Waals surface area contributed by atoms with E-state index >= 15 is 0 Å². The highest BCUT2D eigenvalue weighted by atomic mass is 16.5. The molecule has 3 nitrogen and oxygen atoms in total. The molecule has 3 rings (SSSR count). The van der Waals surface area contributed by atoms with Crippen molar-refractivity contribution in [1.29, 1.82) is 0 Å². The van der Waals surface area contributed by atoms with Crippen molar-refractivity contribution in [2.75, 3.05) is 7.11 Å². The van der Waals surface area contributed by atoms with E-state index in [9.17, 15) is 4.79 Å². The van der Waals surface area contributed by atoms with Crippen LogP contribution in [0.2, 0.25) is 0 Å². The number of benzene rings is 1. The molecule has 1 saturated carbocycles. The molecule has 114 valence electrons. The second kappa shape index (κ2) is 5.13. The van der Waals surface area contributed by atoms with Gasteiger partial charge in [0, 0.05) is 12.3 Å². The molecule has 2 bridgehead atoms. The topological polar surface area (TPSA) is 35.5 Å². The van der Waals surface area contributed by atoms with Crippen molar-refractivity contribution in [2.45, 2.75) is 45.3 Å². The fourth-order valence-corrected chi connectivity index (χ4v) is 3.82. The summed E-state index contributed by atoms with van der Waals surface area (Å²) < 4.78 is 11.6. The highest BCUT2D eigenvalue weighted by molar-refractivity contribution is 5.82. The molecule has 1 aliphatic heterocycles. The van der Waals surface area contributed by atoms with Crippen molar-refractivity contribution in [3.05, 3.63) is 29.8 Å². The Bertz CT molecular complexity index is 532. The molecule has 2 aliphatic rings. The molecule has 0 amide bonds. The summed E-state index contributed by atoms with van der Waals surface area (Å²) in [6, 6.07) is 8.05. The van der Waals surface area contributed by atoms with Crippen molar-refractivity contribution < 1.29 is 14.3 Å². The van der Waals surface area contributed by atoms with E-state index in [0.717, 1.165) is 17.7 Å². The van der Waals surface area contributed by atoms with Crippen molar-refractivity contribution in [2.24, 2.45) is 17.8 Å². The SMILES string of the molecule is COc1ccc([C@H]2OC(C)(C)C3CC(=O)[C@H](C)C2C3)cc1. The second-order valence-corrected chi connectivity index (χ2v) is 6.97. The fraction of sp³-hybridized carbons (Fsp3) is 0.611. The van der Waals surface area contributed by atoms with E-state index in [-0.39, 0.29) is 23.5 Å². The molecule has 0 N–H and O–H groups in total. The molecule has 1 aromatic rings. The number of ether oxygens (including phenoxy) is 2. The highest BCUT2D eigenvalue weighted by Crippen LogP contribution is 2.51. The average molecular weight is 288 g/mol. The van der Waals surface area contributed by atoms with Gasteiger partial charge < -0.3 is 9.47 Å². The van der Waals surface area contributed by atoms with Crippen LogP contribution in [-0.2, 0) is 9.53 Å². The minimum atomic E-state index is -0.239. The number of carbonyl (C=O) groups excluding carboxylic acids is 1. The standard InChI is InChI=1S/C18H24O3/c1-11-15-9-13(10-16(11)19)18(2,3)21-17(15)12-5-7-14(20-4)8-6-12/h5-8,11,13,15,17H,9-10H2,1-4H3/t11-,13?,15?,17-/m1/s1. The summed E-state index contributed by atoms with van der Waals surface area (Å²) in [5.41, 5.74) is 0.908. The van der Waals surface area contributed by atoms with Crippen molar-refractivity contribution in [3.8, 4) is 5.75 Å². The number of hydrogen-bond acceptors (Lipinski definition) is 3. The lowest BCUT2D eigenvalue weighted by molar-refractivity contribution is -0.197. The maximum absolute atomic E-state index is 12.3. The lowest BCUT2D eigenvalue weighted by Crippen LogP contribution is -2.51. The first-order chi connectivity index (χ1) is 9.92. The Morgan fingerprint density at radius 1 is 1.24 bits per heavy atom. The van der Waals surface area contributed by atoms with Gasteiger partial charge in [-0.05, 0) is 49.8 Å². The van der Waals surface area contributed by atoms with Gasteiger partial charge >= 0.3 is 0 Å². The lowest BCUT2D eigenvalue weighted by atomic mass is 9.64. The molecule has 2 fully saturated rings. The van der Waals surface area contributed by atoms with Crippen molar-refractivity contribution >= 4 is 5.78 Å². The Kier molecular flexibility index (Phi) is 3.56. The largest absolute Gasteiger partial charge is 0.497 e. The van der Waals surface area contributed by atoms with E-state index in [1.54, 1.807) is 7.11 Å². The first-order valence-electron chi connectivity index (χ1n) is 7.77. The highest BCUT2D eigenvalue weighted by Gasteiger charge is 2.50. The summed E-state index contributed by atoms with van der Waals surface area (Å²) in [5, 5.41) is 0. The zero-order chi connectivity index (χ0) is 15.2. The van der Waals surface area contributed by atoms with Gasteiger partial charge in [-0.2, -0.15) is 0 Å². The van der Waals surface area contributed by atoms with Gasteiger partial charge in [0.25, 0.3) is 0 Å². The maximum atomic E-state index is 12.3. The molecule has 0 radical (unpaired) electrons. The molecular weight excluding hydrogens is 264 g/mol. The third-order valence-electron chi connectivity index (χ3n) is 5.40. The number of Topliss-reactive ketones (excluding diaryl/α,β-unsaturated/α-hetero) is 1. The molecular formula is C18H24O3. The number of carbonyl (C=O) groups is 1. The number of ketones is 1. The van der Waals surface area contributed by atoms with Gasteiger partial charge in [0.15, 0.2) is 0 Å². The first-order valence-corrected chi connectivity index (χ1v) is 7.77. The van der Waals surface area contributed by atoms with E-state index < -0.39 is 0 Å². The smallest absolute Gasteiger partial charge is 0.136 e. The van der Waals surface area contributed by atoms with Crippen LogP contribution in [-0.4, -0.2) is 18.5 Å². The monoisotopic (exact) mass is 288 g/mol. The number of fused-ring (bicyclic) bond motifs is 2. The first kappa shape index (κ1) is 14.6. The summed E-state index contributed by atoms with van der Waals surface area (Å²) in [6.45, 7) is 6.29. The molecule has 1 aromatic carbocycles. The summed E-state index contributed by atoms with van der Waals surface area (Å²) in [4.78, 5) is 12.3. The second-order valence-electron chi connectivity index (χ2n) is 6.97. The predicted octanol–water partition coefficient (Wildman–Crippen LogP) is 3.78. The van der Waals surface area contributed by atoms with Crippen LogP contribution in [0.5, 0.6) is 5.75 Å². The van der Waals surface area contributed by atoms with Crippen LogP contribution in [0.4, 0.5) is 0 Å². The van der Waals surface area contributed by atoms with Crippen molar-refractivity contribution in [1.82, 2.24) is 0 Å². The van der Waals surface area contributed by atoms with Gasteiger partial charge in [0.05, 0.1) is 18.8 Å². The Morgan fingerprint density at radius 3 is 2.52 bits per heavy atom. The Balaban J connectivity index is 1.94. The Morgan fingerprint density at radius 2 is 1.90 bits per heavy atom. The van der Waals surface area contributed by atoms with E-state index in [4.69, 9.17) is 9.47 Å². The third kappa shape index (κ3) is 2.48. The third-order valence-corrected chi connectivity index (χ3v) is 5.40. The summed E-state index contributed by atoms with van der Waals surface area (Å²) in [6.07, 6.45) is 1.75. The van der Waals surface area contributed by atoms with Gasteiger partial charge in [-0.3, -0.25) is 4.79 Å². The number of rotatable bonds is 2. The molecule has 1 aliphatic carbocycles. The lowest BCUT2D eigenvalue weighted by Gasteiger charge is -2.51. The van der Waals surface area contributed by atoms with Gasteiger partial charge in [0.1, 0.15) is 11.5 Å². The number of methoxy groups -OCH3 is 1. The van der Waals surface area contributed by atoms with Gasteiger partial charge in [-0.25, -0.2) is 0 Å². The Hall–Kier alpha value is -1.35. The van der Waals surface area contributed by atoms with Crippen LogP contribution in [0.25, 0.3) is 0 Å². The van der Waals surface area contributed by atoms with Crippen LogP contribution < -0.4 is 4.74 Å². The fourth-order valence-electron chi connectivity index (χ4n) is 3.82. The summed E-state index contributed by atoms with van der Waals surface area (Å²) in [7, 11) is 1.67. The molecule has 0 aromatic heterocycles. The molecule has 21 heavy (non-hydrogen) atoms.